The van der Waals surface area contributed by atoms with Crippen molar-refractivity contribution in [2.75, 3.05) is 6.61 Å². The molecule has 0 saturated heterocycles. The van der Waals surface area contributed by atoms with E-state index in [1.165, 1.54) is 0 Å². The SMILES string of the molecule is CCOC(=O)Cc1ccccc1CCl. The molecule has 0 aliphatic carbocycles. The van der Waals surface area contributed by atoms with Gasteiger partial charge in [0.1, 0.15) is 0 Å². The number of hydrogen-bond donors (Lipinski definition) is 0. The van der Waals surface area contributed by atoms with Crippen LogP contribution >= 0.6 is 11.6 Å². The van der Waals surface area contributed by atoms with Crippen molar-refractivity contribution in [1.29, 1.82) is 0 Å². The third-order valence-corrected chi connectivity index (χ3v) is 2.19. The van der Waals surface area contributed by atoms with Crippen molar-refractivity contribution in [1.82, 2.24) is 0 Å². The van der Waals surface area contributed by atoms with E-state index in [-0.39, 0.29) is 5.97 Å². The van der Waals surface area contributed by atoms with Crippen LogP contribution < -0.4 is 0 Å². The number of halogens is 1. The van der Waals surface area contributed by atoms with Gasteiger partial charge in [-0.1, -0.05) is 24.3 Å². The molecule has 0 aliphatic heterocycles. The number of esters is 1. The van der Waals surface area contributed by atoms with Crippen molar-refractivity contribution in [3.63, 3.8) is 0 Å². The normalized spacial score (nSPS) is 9.86. The third-order valence-electron chi connectivity index (χ3n) is 1.90. The van der Waals surface area contributed by atoms with Crippen LogP contribution in [-0.4, -0.2) is 12.6 Å². The van der Waals surface area contributed by atoms with Crippen molar-refractivity contribution < 1.29 is 9.53 Å². The number of alkyl halides is 1. The van der Waals surface area contributed by atoms with Crippen molar-refractivity contribution in [2.24, 2.45) is 0 Å². The second-order valence-corrected chi connectivity index (χ2v) is 3.15. The van der Waals surface area contributed by atoms with E-state index in [0.29, 0.717) is 18.9 Å². The fraction of sp³-hybridized carbons (Fsp3) is 0.364. The van der Waals surface area contributed by atoms with E-state index in [0.717, 1.165) is 11.1 Å². The summed E-state index contributed by atoms with van der Waals surface area (Å²) in [4.78, 5) is 11.2. The van der Waals surface area contributed by atoms with Crippen LogP contribution in [0.4, 0.5) is 0 Å². The van der Waals surface area contributed by atoms with Gasteiger partial charge in [-0.05, 0) is 18.1 Å². The largest absolute Gasteiger partial charge is 0.466 e. The predicted molar refractivity (Wildman–Crippen MR) is 56.3 cm³/mol. The molecule has 0 aliphatic rings. The zero-order valence-corrected chi connectivity index (χ0v) is 8.88. The van der Waals surface area contributed by atoms with Gasteiger partial charge < -0.3 is 4.74 Å². The highest BCUT2D eigenvalue weighted by molar-refractivity contribution is 6.17. The molecular weight excluding hydrogens is 200 g/mol. The Balaban J connectivity index is 2.70. The van der Waals surface area contributed by atoms with Gasteiger partial charge in [0.2, 0.25) is 0 Å². The maximum Gasteiger partial charge on any atom is 0.310 e. The van der Waals surface area contributed by atoms with Crippen LogP contribution in [0.1, 0.15) is 18.1 Å². The maximum absolute atomic E-state index is 11.2. The zero-order chi connectivity index (χ0) is 10.4. The minimum Gasteiger partial charge on any atom is -0.466 e. The summed E-state index contributed by atoms with van der Waals surface area (Å²) >= 11 is 5.74. The van der Waals surface area contributed by atoms with Crippen LogP contribution in [0.25, 0.3) is 0 Å². The lowest BCUT2D eigenvalue weighted by molar-refractivity contribution is -0.142. The van der Waals surface area contributed by atoms with E-state index in [9.17, 15) is 4.79 Å². The van der Waals surface area contributed by atoms with E-state index < -0.39 is 0 Å². The van der Waals surface area contributed by atoms with Gasteiger partial charge in [0, 0.05) is 5.88 Å². The Hall–Kier alpha value is -1.02. The lowest BCUT2D eigenvalue weighted by atomic mass is 10.1. The summed E-state index contributed by atoms with van der Waals surface area (Å²) in [5.41, 5.74) is 1.93. The van der Waals surface area contributed by atoms with Crippen molar-refractivity contribution >= 4 is 17.6 Å². The number of benzene rings is 1. The van der Waals surface area contributed by atoms with Gasteiger partial charge in [-0.2, -0.15) is 0 Å². The Bertz CT molecular complexity index is 310. The first kappa shape index (κ1) is 11.1. The van der Waals surface area contributed by atoms with E-state index in [1.807, 2.05) is 24.3 Å². The predicted octanol–water partition coefficient (Wildman–Crippen LogP) is 2.53. The minimum atomic E-state index is -0.204. The molecule has 1 aromatic carbocycles. The lowest BCUT2D eigenvalue weighted by Crippen LogP contribution is -2.08. The van der Waals surface area contributed by atoms with E-state index >= 15 is 0 Å². The highest BCUT2D eigenvalue weighted by Crippen LogP contribution is 2.12. The summed E-state index contributed by atoms with van der Waals surface area (Å²) in [6, 6.07) is 7.62. The standard InChI is InChI=1S/C11H13ClO2/c1-2-14-11(13)7-9-5-3-4-6-10(9)8-12/h3-6H,2,7-8H2,1H3. The molecule has 0 heterocycles. The lowest BCUT2D eigenvalue weighted by Gasteiger charge is -2.05. The number of ether oxygens (including phenoxy) is 1. The molecule has 0 saturated carbocycles. The third kappa shape index (κ3) is 3.04. The van der Waals surface area contributed by atoms with Crippen LogP contribution in [-0.2, 0) is 21.8 Å². The van der Waals surface area contributed by atoms with Gasteiger partial charge >= 0.3 is 5.97 Å². The van der Waals surface area contributed by atoms with Crippen LogP contribution in [0.3, 0.4) is 0 Å². The fourth-order valence-corrected chi connectivity index (χ4v) is 1.49. The smallest absolute Gasteiger partial charge is 0.310 e. The minimum absolute atomic E-state index is 0.204. The molecule has 0 bridgehead atoms. The first-order chi connectivity index (χ1) is 6.77. The molecule has 0 aromatic heterocycles. The molecule has 2 nitrogen and oxygen atoms in total. The van der Waals surface area contributed by atoms with Gasteiger partial charge in [-0.25, -0.2) is 0 Å². The van der Waals surface area contributed by atoms with Crippen LogP contribution in [0, 0.1) is 0 Å². The van der Waals surface area contributed by atoms with Crippen LogP contribution in [0.5, 0.6) is 0 Å². The van der Waals surface area contributed by atoms with E-state index in [4.69, 9.17) is 16.3 Å². The quantitative estimate of drug-likeness (QED) is 0.566. The summed E-state index contributed by atoms with van der Waals surface area (Å²) in [5.74, 6) is 0.223. The topological polar surface area (TPSA) is 26.3 Å². The highest BCUT2D eigenvalue weighted by atomic mass is 35.5. The Labute approximate surface area is 88.8 Å². The molecule has 1 rings (SSSR count). The summed E-state index contributed by atoms with van der Waals surface area (Å²) in [6.07, 6.45) is 0.302. The Kier molecular flexibility index (Phi) is 4.47. The van der Waals surface area contributed by atoms with Crippen molar-refractivity contribution in [2.45, 2.75) is 19.2 Å². The van der Waals surface area contributed by atoms with Crippen LogP contribution in [0.2, 0.25) is 0 Å². The monoisotopic (exact) mass is 212 g/mol. The zero-order valence-electron chi connectivity index (χ0n) is 8.13. The molecule has 0 N–H and O–H groups in total. The molecule has 1 aromatic rings. The van der Waals surface area contributed by atoms with E-state index in [2.05, 4.69) is 0 Å². The molecule has 76 valence electrons. The molecule has 3 heteroatoms. The van der Waals surface area contributed by atoms with Gasteiger partial charge in [0.15, 0.2) is 0 Å². The summed E-state index contributed by atoms with van der Waals surface area (Å²) in [5, 5.41) is 0. The Morgan fingerprint density at radius 1 is 1.36 bits per heavy atom. The molecule has 14 heavy (non-hydrogen) atoms. The van der Waals surface area contributed by atoms with Crippen molar-refractivity contribution in [3.05, 3.63) is 35.4 Å². The fourth-order valence-electron chi connectivity index (χ4n) is 1.23. The molecule has 0 amide bonds. The summed E-state index contributed by atoms with van der Waals surface area (Å²) in [6.45, 7) is 2.22. The van der Waals surface area contributed by atoms with Gasteiger partial charge in [-0.3, -0.25) is 4.79 Å². The van der Waals surface area contributed by atoms with Crippen LogP contribution in [0.15, 0.2) is 24.3 Å². The molecule has 0 spiro atoms. The molecule has 0 radical (unpaired) electrons. The molecule has 0 atom stereocenters. The number of carbonyl (C=O) groups excluding carboxylic acids is 1. The second kappa shape index (κ2) is 5.66. The Morgan fingerprint density at radius 2 is 2.00 bits per heavy atom. The van der Waals surface area contributed by atoms with Gasteiger partial charge in [0.05, 0.1) is 13.0 Å². The molecular formula is C11H13ClO2. The average Bonchev–Trinajstić information content (AvgIpc) is 2.19. The van der Waals surface area contributed by atoms with Crippen molar-refractivity contribution in [3.8, 4) is 0 Å². The Morgan fingerprint density at radius 3 is 2.57 bits per heavy atom. The second-order valence-electron chi connectivity index (χ2n) is 2.88. The number of carbonyl (C=O) groups is 1. The number of hydrogen-bond acceptors (Lipinski definition) is 2. The molecule has 0 unspecified atom stereocenters. The summed E-state index contributed by atoms with van der Waals surface area (Å²) in [7, 11) is 0. The first-order valence-corrected chi connectivity index (χ1v) is 5.09. The average molecular weight is 213 g/mol. The maximum atomic E-state index is 11.2. The first-order valence-electron chi connectivity index (χ1n) is 4.56. The van der Waals surface area contributed by atoms with Gasteiger partial charge in [-0.15, -0.1) is 11.6 Å². The molecule has 0 fully saturated rings. The van der Waals surface area contributed by atoms with E-state index in [1.54, 1.807) is 6.92 Å². The van der Waals surface area contributed by atoms with Gasteiger partial charge in [0.25, 0.3) is 0 Å². The highest BCUT2D eigenvalue weighted by Gasteiger charge is 2.06. The number of rotatable bonds is 4. The summed E-state index contributed by atoms with van der Waals surface area (Å²) < 4.78 is 4.86.